The van der Waals surface area contributed by atoms with E-state index in [1.807, 2.05) is 13.8 Å². The maximum atomic E-state index is 12.5. The maximum Gasteiger partial charge on any atom is 0.408 e. The summed E-state index contributed by atoms with van der Waals surface area (Å²) in [4.78, 5) is 24.1. The summed E-state index contributed by atoms with van der Waals surface area (Å²) in [6.07, 6.45) is 2.25. The van der Waals surface area contributed by atoms with E-state index < -0.39 is 24.1 Å². The van der Waals surface area contributed by atoms with Crippen LogP contribution >= 0.6 is 0 Å². The highest BCUT2D eigenvalue weighted by Gasteiger charge is 2.72. The fourth-order valence-electron chi connectivity index (χ4n) is 5.14. The first kappa shape index (κ1) is 23.3. The summed E-state index contributed by atoms with van der Waals surface area (Å²) < 4.78 is 23.7. The molecule has 2 heterocycles. The minimum absolute atomic E-state index is 0.0178. The third-order valence-electron chi connectivity index (χ3n) is 7.01. The number of alkyl carbamates (subject to hydrolysis) is 1. The van der Waals surface area contributed by atoms with Gasteiger partial charge in [0.25, 0.3) is 0 Å². The van der Waals surface area contributed by atoms with Crippen LogP contribution < -0.4 is 11.1 Å². The topological polar surface area (TPSA) is 116 Å². The molecule has 7 atom stereocenters. The van der Waals surface area contributed by atoms with E-state index in [1.54, 1.807) is 7.11 Å². The first-order valence-corrected chi connectivity index (χ1v) is 11.1. The molecule has 0 radical (unpaired) electrons. The van der Waals surface area contributed by atoms with Crippen molar-refractivity contribution in [3.05, 3.63) is 0 Å². The summed E-state index contributed by atoms with van der Waals surface area (Å²) in [6, 6.07) is -0.777. The average molecular weight is 427 g/mol. The molecule has 30 heavy (non-hydrogen) atoms. The van der Waals surface area contributed by atoms with E-state index >= 15 is 0 Å². The van der Waals surface area contributed by atoms with Gasteiger partial charge in [0.15, 0.2) is 0 Å². The Morgan fingerprint density at radius 3 is 2.43 bits per heavy atom. The van der Waals surface area contributed by atoms with Crippen LogP contribution in [0.5, 0.6) is 0 Å². The average Bonchev–Trinajstić information content (AvgIpc) is 3.56. The number of methoxy groups -OCH3 is 1. The molecule has 3 aliphatic rings. The molecular formula is C22H38N2O6. The predicted octanol–water partition coefficient (Wildman–Crippen LogP) is 2.38. The number of nitrogens with one attached hydrogen (secondary N) is 1. The van der Waals surface area contributed by atoms with Crippen molar-refractivity contribution < 1.29 is 28.5 Å². The lowest BCUT2D eigenvalue weighted by atomic mass is 9.68. The van der Waals surface area contributed by atoms with Gasteiger partial charge in [-0.25, -0.2) is 4.79 Å². The van der Waals surface area contributed by atoms with Crippen LogP contribution in [-0.2, 0) is 23.7 Å². The third kappa shape index (κ3) is 4.60. The summed E-state index contributed by atoms with van der Waals surface area (Å²) in [7, 11) is 1.64. The lowest BCUT2D eigenvalue weighted by molar-refractivity contribution is -0.123. The summed E-state index contributed by atoms with van der Waals surface area (Å²) in [6.45, 7) is 10.9. The van der Waals surface area contributed by atoms with Crippen molar-refractivity contribution in [1.82, 2.24) is 5.32 Å². The van der Waals surface area contributed by atoms with Crippen molar-refractivity contribution in [2.75, 3.05) is 13.7 Å². The highest BCUT2D eigenvalue weighted by atomic mass is 16.6. The lowest BCUT2D eigenvalue weighted by Crippen LogP contribution is -2.57. The van der Waals surface area contributed by atoms with Gasteiger partial charge in [0.05, 0.1) is 18.6 Å². The van der Waals surface area contributed by atoms with Gasteiger partial charge in [-0.1, -0.05) is 27.7 Å². The molecule has 3 N–H and O–H groups in total. The van der Waals surface area contributed by atoms with Crippen LogP contribution in [0.2, 0.25) is 0 Å². The molecule has 172 valence electrons. The number of epoxide rings is 2. The van der Waals surface area contributed by atoms with Crippen LogP contribution in [0.25, 0.3) is 0 Å². The van der Waals surface area contributed by atoms with E-state index in [9.17, 15) is 9.59 Å². The van der Waals surface area contributed by atoms with Crippen LogP contribution in [-0.4, -0.2) is 61.3 Å². The van der Waals surface area contributed by atoms with E-state index in [0.717, 1.165) is 19.3 Å². The zero-order valence-electron chi connectivity index (χ0n) is 19.1. The van der Waals surface area contributed by atoms with Crippen molar-refractivity contribution in [3.8, 4) is 0 Å². The molecule has 1 spiro atoms. The number of primary amides is 1. The van der Waals surface area contributed by atoms with Gasteiger partial charge < -0.3 is 30.0 Å². The quantitative estimate of drug-likeness (QED) is 0.547. The molecule has 2 saturated heterocycles. The van der Waals surface area contributed by atoms with Crippen molar-refractivity contribution in [2.45, 2.75) is 95.9 Å². The Labute approximate surface area is 179 Å². The first-order valence-electron chi connectivity index (χ1n) is 11.1. The van der Waals surface area contributed by atoms with Crippen LogP contribution in [0.1, 0.15) is 60.3 Å². The van der Waals surface area contributed by atoms with Crippen molar-refractivity contribution >= 4 is 12.0 Å². The SMILES string of the molecule is CO[C@@H]1[C@H](OC(=O)N[C@@H](C(N)=O)C(C)C)CCC2(CO2)[C@H]1C1(C)OC1CCC(C)C. The first-order chi connectivity index (χ1) is 14.0. The number of nitrogens with two attached hydrogens (primary N) is 1. The standard InChI is InChI=1S/C22H38N2O6/c1-12(2)7-8-15-21(5,30-15)18-17(27-6)14(9-10-22(18)11-28-22)29-20(26)24-16(13(3)4)19(23)25/h12-18H,7-11H2,1-6H3,(H2,23,25)(H,24,26)/t14-,15?,16-,17-,18-,21?,22?/m1/s1. The number of ether oxygens (including phenoxy) is 4. The summed E-state index contributed by atoms with van der Waals surface area (Å²) in [5, 5.41) is 2.60. The Morgan fingerprint density at radius 2 is 1.93 bits per heavy atom. The molecule has 3 unspecified atom stereocenters. The minimum atomic E-state index is -0.777. The van der Waals surface area contributed by atoms with E-state index in [4.69, 9.17) is 24.7 Å². The molecule has 8 nitrogen and oxygen atoms in total. The summed E-state index contributed by atoms with van der Waals surface area (Å²) in [5.74, 6) is -0.108. The monoisotopic (exact) mass is 426 g/mol. The molecule has 2 aliphatic heterocycles. The third-order valence-corrected chi connectivity index (χ3v) is 7.01. The number of carbonyl (C=O) groups excluding carboxylic acids is 2. The fourth-order valence-corrected chi connectivity index (χ4v) is 5.14. The Hall–Kier alpha value is -1.38. The predicted molar refractivity (Wildman–Crippen MR) is 111 cm³/mol. The van der Waals surface area contributed by atoms with Gasteiger partial charge in [-0.3, -0.25) is 4.79 Å². The van der Waals surface area contributed by atoms with Crippen LogP contribution in [0.4, 0.5) is 4.79 Å². The van der Waals surface area contributed by atoms with Gasteiger partial charge in [0, 0.05) is 7.11 Å². The van der Waals surface area contributed by atoms with Crippen LogP contribution in [0, 0.1) is 17.8 Å². The van der Waals surface area contributed by atoms with Crippen molar-refractivity contribution in [3.63, 3.8) is 0 Å². The number of rotatable bonds is 9. The van der Waals surface area contributed by atoms with Gasteiger partial charge in [0.1, 0.15) is 29.5 Å². The highest BCUT2D eigenvalue weighted by Crippen LogP contribution is 2.59. The molecule has 8 heteroatoms. The largest absolute Gasteiger partial charge is 0.443 e. The molecule has 0 bridgehead atoms. The number of amides is 2. The Bertz CT molecular complexity index is 650. The zero-order chi connectivity index (χ0) is 22.3. The van der Waals surface area contributed by atoms with Gasteiger partial charge in [0.2, 0.25) is 5.91 Å². The second kappa shape index (κ2) is 8.63. The number of hydrogen-bond acceptors (Lipinski definition) is 6. The van der Waals surface area contributed by atoms with Gasteiger partial charge in [-0.15, -0.1) is 0 Å². The molecule has 3 fully saturated rings. The minimum Gasteiger partial charge on any atom is -0.443 e. The second-order valence-corrected chi connectivity index (χ2v) is 10.0. The number of carbonyl (C=O) groups is 2. The smallest absolute Gasteiger partial charge is 0.408 e. The summed E-state index contributed by atoms with van der Waals surface area (Å²) >= 11 is 0. The maximum absolute atomic E-state index is 12.5. The normalized spacial score (nSPS) is 38.5. The second-order valence-electron chi connectivity index (χ2n) is 10.0. The fraction of sp³-hybridized carbons (Fsp3) is 0.909. The van der Waals surface area contributed by atoms with E-state index in [-0.39, 0.29) is 35.2 Å². The highest BCUT2D eigenvalue weighted by molar-refractivity contribution is 5.84. The lowest BCUT2D eigenvalue weighted by Gasteiger charge is -2.42. The molecule has 0 aromatic heterocycles. The molecule has 0 aromatic carbocycles. The molecule has 1 saturated carbocycles. The van der Waals surface area contributed by atoms with Crippen LogP contribution in [0.3, 0.4) is 0 Å². The van der Waals surface area contributed by atoms with Crippen molar-refractivity contribution in [2.24, 2.45) is 23.5 Å². The summed E-state index contributed by atoms with van der Waals surface area (Å²) in [5.41, 5.74) is 4.79. The van der Waals surface area contributed by atoms with Gasteiger partial charge >= 0.3 is 6.09 Å². The molecule has 2 amide bonds. The Balaban J connectivity index is 1.69. The van der Waals surface area contributed by atoms with E-state index in [1.165, 1.54) is 0 Å². The van der Waals surface area contributed by atoms with Gasteiger partial charge in [-0.2, -0.15) is 0 Å². The van der Waals surface area contributed by atoms with Crippen LogP contribution in [0.15, 0.2) is 0 Å². The Kier molecular flexibility index (Phi) is 6.70. The molecular weight excluding hydrogens is 388 g/mol. The molecule has 0 aromatic rings. The zero-order valence-corrected chi connectivity index (χ0v) is 19.1. The number of hydrogen-bond donors (Lipinski definition) is 2. The Morgan fingerprint density at radius 1 is 1.27 bits per heavy atom. The van der Waals surface area contributed by atoms with Gasteiger partial charge in [-0.05, 0) is 44.4 Å². The van der Waals surface area contributed by atoms with E-state index in [2.05, 4.69) is 26.1 Å². The molecule has 3 rings (SSSR count). The van der Waals surface area contributed by atoms with Crippen molar-refractivity contribution in [1.29, 1.82) is 0 Å². The molecule has 1 aliphatic carbocycles. The van der Waals surface area contributed by atoms with E-state index in [0.29, 0.717) is 18.9 Å².